The van der Waals surface area contributed by atoms with Crippen molar-refractivity contribution in [3.8, 4) is 0 Å². The topological polar surface area (TPSA) is 64.7 Å². The van der Waals surface area contributed by atoms with Gasteiger partial charge in [0, 0.05) is 6.92 Å². The van der Waals surface area contributed by atoms with Gasteiger partial charge in [-0.1, -0.05) is 19.0 Å². The molecule has 0 saturated carbocycles. The van der Waals surface area contributed by atoms with Crippen LogP contribution in [0.1, 0.15) is 35.6 Å². The lowest BCUT2D eigenvalue weighted by molar-refractivity contribution is 0.389. The molecule has 0 saturated heterocycles. The maximum atomic E-state index is 4.60. The first-order valence-electron chi connectivity index (χ1n) is 5.11. The molecule has 0 aromatic carbocycles. The molecule has 0 fully saturated rings. The quantitative estimate of drug-likeness (QED) is 0.710. The highest BCUT2D eigenvalue weighted by molar-refractivity contribution is 7.11. The van der Waals surface area contributed by atoms with Gasteiger partial charge >= 0.3 is 0 Å². The first kappa shape index (κ1) is 14.7. The van der Waals surface area contributed by atoms with E-state index in [1.807, 2.05) is 27.7 Å². The summed E-state index contributed by atoms with van der Waals surface area (Å²) in [7, 11) is 0. The van der Waals surface area contributed by atoms with Gasteiger partial charge in [0.25, 0.3) is 0 Å². The molecule has 0 amide bonds. The summed E-state index contributed by atoms with van der Waals surface area (Å²) in [5.74, 6) is 1.31. The van der Waals surface area contributed by atoms with E-state index >= 15 is 0 Å². The molecule has 90 valence electrons. The third-order valence-electron chi connectivity index (χ3n) is 1.26. The smallest absolute Gasteiger partial charge is 0.223 e. The molecule has 0 radical (unpaired) electrons. The minimum Gasteiger partial charge on any atom is -0.340 e. The number of aromatic nitrogens is 4. The van der Waals surface area contributed by atoms with Gasteiger partial charge in [0.15, 0.2) is 5.82 Å². The molecule has 2 rings (SSSR count). The lowest BCUT2D eigenvalue weighted by Gasteiger charge is -1.65. The molecule has 2 heterocycles. The molecule has 0 spiro atoms. The first-order valence-corrected chi connectivity index (χ1v) is 5.93. The Morgan fingerprint density at radius 1 is 0.938 bits per heavy atom. The van der Waals surface area contributed by atoms with Crippen LogP contribution in [0.5, 0.6) is 0 Å². The van der Waals surface area contributed by atoms with Gasteiger partial charge in [0.05, 0.1) is 0 Å². The van der Waals surface area contributed by atoms with Crippen molar-refractivity contribution >= 4 is 11.3 Å². The second-order valence-corrected chi connectivity index (χ2v) is 4.09. The van der Waals surface area contributed by atoms with Crippen molar-refractivity contribution in [1.82, 2.24) is 20.3 Å². The molecule has 2 aromatic heterocycles. The van der Waals surface area contributed by atoms with Crippen molar-refractivity contribution in [2.45, 2.75) is 41.5 Å². The summed E-state index contributed by atoms with van der Waals surface area (Å²) in [6, 6.07) is 0. The van der Waals surface area contributed by atoms with Crippen molar-refractivity contribution in [2.24, 2.45) is 0 Å². The van der Waals surface area contributed by atoms with Gasteiger partial charge in [0.2, 0.25) is 5.89 Å². The maximum Gasteiger partial charge on any atom is 0.223 e. The van der Waals surface area contributed by atoms with Crippen LogP contribution in [0.15, 0.2) is 4.52 Å². The summed E-state index contributed by atoms with van der Waals surface area (Å²) < 4.78 is 4.60. The molecule has 0 bridgehead atoms. The van der Waals surface area contributed by atoms with Crippen LogP contribution in [-0.2, 0) is 0 Å². The molecule has 0 aliphatic heterocycles. The fourth-order valence-corrected chi connectivity index (χ4v) is 1.39. The lowest BCUT2D eigenvalue weighted by atomic mass is 10.7. The molecule has 0 aliphatic carbocycles. The molecule has 16 heavy (non-hydrogen) atoms. The average molecular weight is 242 g/mol. The Bertz CT molecular complexity index is 326. The van der Waals surface area contributed by atoms with E-state index in [2.05, 4.69) is 24.9 Å². The lowest BCUT2D eigenvalue weighted by Crippen LogP contribution is -1.70. The highest BCUT2D eigenvalue weighted by Gasteiger charge is 1.90. The number of hydrogen-bond acceptors (Lipinski definition) is 6. The molecule has 0 unspecified atom stereocenters. The van der Waals surface area contributed by atoms with Crippen molar-refractivity contribution in [2.75, 3.05) is 0 Å². The van der Waals surface area contributed by atoms with Crippen LogP contribution in [0.4, 0.5) is 0 Å². The van der Waals surface area contributed by atoms with Gasteiger partial charge in [0.1, 0.15) is 10.0 Å². The molecular weight excluding hydrogens is 224 g/mol. The minimum atomic E-state index is 0.623. The monoisotopic (exact) mass is 242 g/mol. The van der Waals surface area contributed by atoms with E-state index in [0.29, 0.717) is 11.7 Å². The van der Waals surface area contributed by atoms with Crippen molar-refractivity contribution in [1.29, 1.82) is 0 Å². The Hall–Kier alpha value is -1.30. The molecule has 2 aromatic rings. The zero-order valence-electron chi connectivity index (χ0n) is 10.6. The fraction of sp³-hybridized carbons (Fsp3) is 0.600. The zero-order chi connectivity index (χ0) is 12.6. The van der Waals surface area contributed by atoms with Crippen molar-refractivity contribution in [3.05, 3.63) is 21.7 Å². The highest BCUT2D eigenvalue weighted by Crippen LogP contribution is 2.03. The SMILES string of the molecule is CC.Cc1nnc(C)s1.Cc1noc(C)n1. The Morgan fingerprint density at radius 3 is 1.56 bits per heavy atom. The van der Waals surface area contributed by atoms with Crippen LogP contribution in [-0.4, -0.2) is 20.3 Å². The van der Waals surface area contributed by atoms with Crippen LogP contribution in [0, 0.1) is 27.7 Å². The minimum absolute atomic E-state index is 0.623. The molecule has 5 nitrogen and oxygen atoms in total. The number of hydrogen-bond donors (Lipinski definition) is 0. The van der Waals surface area contributed by atoms with Crippen LogP contribution >= 0.6 is 11.3 Å². The average Bonchev–Trinajstić information content (AvgIpc) is 2.80. The zero-order valence-corrected chi connectivity index (χ0v) is 11.4. The van der Waals surface area contributed by atoms with E-state index in [-0.39, 0.29) is 0 Å². The predicted molar refractivity (Wildman–Crippen MR) is 64.5 cm³/mol. The molecule has 0 atom stereocenters. The Morgan fingerprint density at radius 2 is 1.44 bits per heavy atom. The Kier molecular flexibility index (Phi) is 7.28. The molecule has 0 N–H and O–H groups in total. The standard InChI is InChI=1S/C4H6N2O.C4H6N2S.C2H6/c1-3-5-4(2)7-6-3;1-3-5-6-4(2)7-3;1-2/h2*1-2H3;1-2H3. The van der Waals surface area contributed by atoms with Crippen LogP contribution < -0.4 is 0 Å². The van der Waals surface area contributed by atoms with Gasteiger partial charge < -0.3 is 4.52 Å². The predicted octanol–water partition coefficient (Wildman–Crippen LogP) is 2.87. The second-order valence-electron chi connectivity index (χ2n) is 2.70. The van der Waals surface area contributed by atoms with E-state index in [4.69, 9.17) is 0 Å². The van der Waals surface area contributed by atoms with E-state index < -0.39 is 0 Å². The van der Waals surface area contributed by atoms with Gasteiger partial charge in [-0.05, 0) is 20.8 Å². The highest BCUT2D eigenvalue weighted by atomic mass is 32.1. The van der Waals surface area contributed by atoms with E-state index in [0.717, 1.165) is 10.0 Å². The number of aryl methyl sites for hydroxylation is 4. The molecule has 0 aliphatic rings. The second kappa shape index (κ2) is 7.92. The summed E-state index contributed by atoms with van der Waals surface area (Å²) in [5, 5.41) is 13.2. The van der Waals surface area contributed by atoms with Gasteiger partial charge in [-0.3, -0.25) is 0 Å². The van der Waals surface area contributed by atoms with Crippen molar-refractivity contribution < 1.29 is 4.52 Å². The van der Waals surface area contributed by atoms with Crippen LogP contribution in [0.3, 0.4) is 0 Å². The summed E-state index contributed by atoms with van der Waals surface area (Å²) in [4.78, 5) is 3.83. The molecule has 6 heteroatoms. The van der Waals surface area contributed by atoms with Crippen LogP contribution in [0.2, 0.25) is 0 Å². The fourth-order valence-electron chi connectivity index (χ4n) is 0.796. The van der Waals surface area contributed by atoms with Crippen LogP contribution in [0.25, 0.3) is 0 Å². The third kappa shape index (κ3) is 6.23. The third-order valence-corrected chi connectivity index (χ3v) is 2.01. The van der Waals surface area contributed by atoms with E-state index in [1.54, 1.807) is 25.2 Å². The largest absolute Gasteiger partial charge is 0.340 e. The van der Waals surface area contributed by atoms with Crippen molar-refractivity contribution in [3.63, 3.8) is 0 Å². The van der Waals surface area contributed by atoms with Gasteiger partial charge in [-0.15, -0.1) is 21.5 Å². The first-order chi connectivity index (χ1) is 7.58. The Labute approximate surface area is 99.9 Å². The number of rotatable bonds is 0. The van der Waals surface area contributed by atoms with Gasteiger partial charge in [-0.2, -0.15) is 4.98 Å². The Balaban J connectivity index is 0.000000244. The summed E-state index contributed by atoms with van der Waals surface area (Å²) in [5.41, 5.74) is 0. The summed E-state index contributed by atoms with van der Waals surface area (Å²) in [6.07, 6.45) is 0. The van der Waals surface area contributed by atoms with E-state index in [1.165, 1.54) is 0 Å². The summed E-state index contributed by atoms with van der Waals surface area (Å²) in [6.45, 7) is 11.5. The van der Waals surface area contributed by atoms with Gasteiger partial charge in [-0.25, -0.2) is 0 Å². The normalized spacial score (nSPS) is 8.62. The van der Waals surface area contributed by atoms with E-state index in [9.17, 15) is 0 Å². The number of nitrogens with zero attached hydrogens (tertiary/aromatic N) is 4. The maximum absolute atomic E-state index is 4.60. The molecular formula is C10H18N4OS. The summed E-state index contributed by atoms with van der Waals surface area (Å²) >= 11 is 1.62.